The summed E-state index contributed by atoms with van der Waals surface area (Å²) >= 11 is 0. The molecule has 1 aliphatic heterocycles. The molecule has 0 bridgehead atoms. The first kappa shape index (κ1) is 10.5. The van der Waals surface area contributed by atoms with Crippen LogP contribution in [0.15, 0.2) is 0 Å². The number of rotatable bonds is 2. The van der Waals surface area contributed by atoms with Gasteiger partial charge in [0, 0.05) is 12.0 Å². The van der Waals surface area contributed by atoms with Crippen molar-refractivity contribution in [1.29, 1.82) is 0 Å². The molecule has 1 heterocycles. The van der Waals surface area contributed by atoms with Gasteiger partial charge >= 0.3 is 0 Å². The van der Waals surface area contributed by atoms with Crippen molar-refractivity contribution in [3.8, 4) is 0 Å². The van der Waals surface area contributed by atoms with Crippen molar-refractivity contribution in [2.24, 2.45) is 17.6 Å². The van der Waals surface area contributed by atoms with Gasteiger partial charge in [0.2, 0.25) is 5.91 Å². The Morgan fingerprint density at radius 1 is 1.25 bits per heavy atom. The first-order valence-corrected chi connectivity index (χ1v) is 6.35. The highest BCUT2D eigenvalue weighted by Gasteiger charge is 2.54. The van der Waals surface area contributed by atoms with E-state index in [9.17, 15) is 9.90 Å². The van der Waals surface area contributed by atoms with Crippen LogP contribution in [0, 0.1) is 11.8 Å². The van der Waals surface area contributed by atoms with Crippen molar-refractivity contribution >= 4 is 5.91 Å². The average molecular weight is 224 g/mol. The fourth-order valence-corrected chi connectivity index (χ4v) is 3.15. The predicted molar refractivity (Wildman–Crippen MR) is 59.6 cm³/mol. The zero-order valence-corrected chi connectivity index (χ0v) is 9.56. The van der Waals surface area contributed by atoms with Gasteiger partial charge in [-0.25, -0.2) is 0 Å². The minimum Gasteiger partial charge on any atom is -0.386 e. The maximum atomic E-state index is 12.1. The van der Waals surface area contributed by atoms with Crippen LogP contribution in [0.3, 0.4) is 0 Å². The third-order valence-corrected chi connectivity index (χ3v) is 4.40. The molecule has 90 valence electrons. The topological polar surface area (TPSA) is 66.6 Å². The van der Waals surface area contributed by atoms with E-state index in [-0.39, 0.29) is 17.9 Å². The zero-order chi connectivity index (χ0) is 11.3. The summed E-state index contributed by atoms with van der Waals surface area (Å²) in [6, 6.07) is 0.206. The summed E-state index contributed by atoms with van der Waals surface area (Å²) in [6.45, 7) is 1.12. The molecule has 2 aliphatic carbocycles. The average Bonchev–Trinajstić information content (AvgIpc) is 2.96. The van der Waals surface area contributed by atoms with E-state index < -0.39 is 5.60 Å². The number of amides is 1. The van der Waals surface area contributed by atoms with Crippen LogP contribution >= 0.6 is 0 Å². The first-order valence-electron chi connectivity index (χ1n) is 6.35. The predicted octanol–water partition coefficient (Wildman–Crippen LogP) is 0.0971. The highest BCUT2D eigenvalue weighted by molar-refractivity contribution is 5.80. The van der Waals surface area contributed by atoms with E-state index in [1.807, 2.05) is 4.90 Å². The Morgan fingerprint density at radius 3 is 2.44 bits per heavy atom. The van der Waals surface area contributed by atoms with Gasteiger partial charge in [0.1, 0.15) is 5.60 Å². The van der Waals surface area contributed by atoms with Gasteiger partial charge in [0.25, 0.3) is 0 Å². The molecule has 1 amide bonds. The molecule has 3 rings (SSSR count). The van der Waals surface area contributed by atoms with Gasteiger partial charge in [0.05, 0.1) is 13.1 Å². The quantitative estimate of drug-likeness (QED) is 0.699. The van der Waals surface area contributed by atoms with Crippen LogP contribution in [-0.4, -0.2) is 40.6 Å². The summed E-state index contributed by atoms with van der Waals surface area (Å²) in [6.07, 6.45) is 4.99. The Kier molecular flexibility index (Phi) is 2.27. The van der Waals surface area contributed by atoms with Gasteiger partial charge < -0.3 is 15.7 Å². The Bertz CT molecular complexity index is 308. The molecule has 0 aromatic rings. The van der Waals surface area contributed by atoms with E-state index in [1.165, 1.54) is 0 Å². The van der Waals surface area contributed by atoms with E-state index >= 15 is 0 Å². The Morgan fingerprint density at radius 2 is 1.94 bits per heavy atom. The second kappa shape index (κ2) is 3.44. The normalized spacial score (nSPS) is 37.2. The highest BCUT2D eigenvalue weighted by atomic mass is 16.3. The van der Waals surface area contributed by atoms with E-state index in [4.69, 9.17) is 5.73 Å². The number of β-amino-alcohol motifs (C(OH)–C–C–N with tert-alkyl or cyclic N) is 1. The molecule has 1 saturated heterocycles. The first-order chi connectivity index (χ1) is 7.58. The molecule has 2 atom stereocenters. The third kappa shape index (κ3) is 1.64. The van der Waals surface area contributed by atoms with E-state index in [0.717, 1.165) is 32.1 Å². The van der Waals surface area contributed by atoms with Crippen LogP contribution in [0.25, 0.3) is 0 Å². The lowest BCUT2D eigenvalue weighted by atomic mass is 9.87. The zero-order valence-electron chi connectivity index (χ0n) is 9.56. The number of carbonyl (C=O) groups is 1. The van der Waals surface area contributed by atoms with Gasteiger partial charge in [-0.05, 0) is 38.0 Å². The summed E-state index contributed by atoms with van der Waals surface area (Å²) in [4.78, 5) is 13.9. The second-order valence-corrected chi connectivity index (χ2v) is 5.84. The lowest BCUT2D eigenvalue weighted by Crippen LogP contribution is -2.65. The number of hydrogen-bond acceptors (Lipinski definition) is 3. The summed E-state index contributed by atoms with van der Waals surface area (Å²) in [7, 11) is 0. The largest absolute Gasteiger partial charge is 0.386 e. The van der Waals surface area contributed by atoms with Crippen LogP contribution in [0.5, 0.6) is 0 Å². The third-order valence-electron chi connectivity index (χ3n) is 4.40. The summed E-state index contributed by atoms with van der Waals surface area (Å²) in [5, 5.41) is 10.1. The van der Waals surface area contributed by atoms with Crippen LogP contribution in [-0.2, 0) is 4.79 Å². The summed E-state index contributed by atoms with van der Waals surface area (Å²) < 4.78 is 0. The van der Waals surface area contributed by atoms with Gasteiger partial charge in [-0.3, -0.25) is 4.79 Å². The lowest BCUT2D eigenvalue weighted by molar-refractivity contribution is -0.163. The SMILES string of the molecule is NC1CCC(C(=O)N2CC(O)(C3CC3)C2)C1. The lowest BCUT2D eigenvalue weighted by Gasteiger charge is -2.47. The molecule has 3 aliphatic rings. The number of nitrogens with two attached hydrogens (primary N) is 1. The number of hydrogen-bond donors (Lipinski definition) is 2. The van der Waals surface area contributed by atoms with Crippen LogP contribution in [0.1, 0.15) is 32.1 Å². The summed E-state index contributed by atoms with van der Waals surface area (Å²) in [5.41, 5.74) is 5.27. The number of nitrogens with zero attached hydrogens (tertiary/aromatic N) is 1. The van der Waals surface area contributed by atoms with Crippen LogP contribution in [0.2, 0.25) is 0 Å². The Balaban J connectivity index is 1.54. The molecular formula is C12H20N2O2. The molecule has 0 aromatic carbocycles. The minimum atomic E-state index is -0.545. The van der Waals surface area contributed by atoms with Crippen LogP contribution < -0.4 is 5.73 Å². The van der Waals surface area contributed by atoms with Crippen molar-refractivity contribution in [1.82, 2.24) is 4.90 Å². The molecule has 0 aromatic heterocycles. The summed E-state index contributed by atoms with van der Waals surface area (Å²) in [5.74, 6) is 0.805. The van der Waals surface area contributed by atoms with E-state index in [1.54, 1.807) is 0 Å². The van der Waals surface area contributed by atoms with Crippen LogP contribution in [0.4, 0.5) is 0 Å². The maximum absolute atomic E-state index is 12.1. The van der Waals surface area contributed by atoms with Gasteiger partial charge in [0.15, 0.2) is 0 Å². The Hall–Kier alpha value is -0.610. The molecular weight excluding hydrogens is 204 g/mol. The molecule has 16 heavy (non-hydrogen) atoms. The monoisotopic (exact) mass is 224 g/mol. The van der Waals surface area contributed by atoms with Gasteiger partial charge in [-0.2, -0.15) is 0 Å². The molecule has 3 N–H and O–H groups in total. The van der Waals surface area contributed by atoms with Crippen molar-refractivity contribution < 1.29 is 9.90 Å². The molecule has 3 fully saturated rings. The number of likely N-dealkylation sites (tertiary alicyclic amines) is 1. The van der Waals surface area contributed by atoms with E-state index in [0.29, 0.717) is 19.0 Å². The fourth-order valence-electron chi connectivity index (χ4n) is 3.15. The smallest absolute Gasteiger partial charge is 0.225 e. The maximum Gasteiger partial charge on any atom is 0.225 e. The molecule has 2 unspecified atom stereocenters. The Labute approximate surface area is 95.8 Å². The minimum absolute atomic E-state index is 0.124. The highest BCUT2D eigenvalue weighted by Crippen LogP contribution is 2.45. The molecule has 4 heteroatoms. The number of aliphatic hydroxyl groups is 1. The fraction of sp³-hybridized carbons (Fsp3) is 0.917. The molecule has 4 nitrogen and oxygen atoms in total. The number of carbonyl (C=O) groups excluding carboxylic acids is 1. The standard InChI is InChI=1S/C12H20N2O2/c13-10-4-1-8(5-10)11(15)14-6-12(16,7-14)9-2-3-9/h8-10,16H,1-7,13H2. The van der Waals surface area contributed by atoms with Crippen molar-refractivity contribution in [3.05, 3.63) is 0 Å². The van der Waals surface area contributed by atoms with Crippen molar-refractivity contribution in [3.63, 3.8) is 0 Å². The van der Waals surface area contributed by atoms with Crippen molar-refractivity contribution in [2.45, 2.75) is 43.7 Å². The molecule has 0 radical (unpaired) electrons. The second-order valence-electron chi connectivity index (χ2n) is 5.84. The van der Waals surface area contributed by atoms with E-state index in [2.05, 4.69) is 0 Å². The van der Waals surface area contributed by atoms with Crippen molar-refractivity contribution in [2.75, 3.05) is 13.1 Å². The van der Waals surface area contributed by atoms with Gasteiger partial charge in [-0.1, -0.05) is 0 Å². The van der Waals surface area contributed by atoms with Gasteiger partial charge in [-0.15, -0.1) is 0 Å². The molecule has 0 spiro atoms. The molecule has 2 saturated carbocycles.